The molecule has 2 aromatic rings. The molecular formula is C17H20O2. The summed E-state index contributed by atoms with van der Waals surface area (Å²) in [5.74, 6) is 0.852. The van der Waals surface area contributed by atoms with Crippen LogP contribution in [0.25, 0.3) is 0 Å². The zero-order valence-corrected chi connectivity index (χ0v) is 11.9. The van der Waals surface area contributed by atoms with E-state index in [1.54, 1.807) is 7.11 Å². The molecule has 0 aliphatic heterocycles. The van der Waals surface area contributed by atoms with Crippen LogP contribution in [0.15, 0.2) is 42.5 Å². The Morgan fingerprint density at radius 3 is 2.21 bits per heavy atom. The lowest BCUT2D eigenvalue weighted by Gasteiger charge is -2.27. The predicted octanol–water partition coefficient (Wildman–Crippen LogP) is 3.57. The third-order valence-electron chi connectivity index (χ3n) is 3.60. The molecule has 1 unspecified atom stereocenters. The Morgan fingerprint density at radius 2 is 1.63 bits per heavy atom. The number of hydrogen-bond donors (Lipinski definition) is 1. The third kappa shape index (κ3) is 2.49. The lowest BCUT2D eigenvalue weighted by molar-refractivity contribution is 0.101. The average Bonchev–Trinajstić information content (AvgIpc) is 2.41. The molecule has 1 N–H and O–H groups in total. The Kier molecular flexibility index (Phi) is 3.63. The molecule has 2 rings (SSSR count). The van der Waals surface area contributed by atoms with Gasteiger partial charge in [0, 0.05) is 0 Å². The zero-order valence-electron chi connectivity index (χ0n) is 11.9. The van der Waals surface area contributed by atoms with Gasteiger partial charge in [-0.1, -0.05) is 30.3 Å². The van der Waals surface area contributed by atoms with Crippen LogP contribution in [-0.4, -0.2) is 12.2 Å². The van der Waals surface area contributed by atoms with Crippen LogP contribution in [0, 0.1) is 13.8 Å². The number of methoxy groups -OCH3 is 1. The number of hydrogen-bond acceptors (Lipinski definition) is 2. The first kappa shape index (κ1) is 13.6. The minimum Gasteiger partial charge on any atom is -0.496 e. The van der Waals surface area contributed by atoms with Gasteiger partial charge in [-0.05, 0) is 55.2 Å². The van der Waals surface area contributed by atoms with Crippen molar-refractivity contribution in [3.8, 4) is 5.75 Å². The highest BCUT2D eigenvalue weighted by Gasteiger charge is 2.27. The van der Waals surface area contributed by atoms with E-state index in [1.165, 1.54) is 0 Å². The highest BCUT2D eigenvalue weighted by atomic mass is 16.5. The van der Waals surface area contributed by atoms with Gasteiger partial charge in [0.25, 0.3) is 0 Å². The Balaban J connectivity index is 2.55. The van der Waals surface area contributed by atoms with Crippen LogP contribution in [-0.2, 0) is 5.60 Å². The minimum atomic E-state index is -0.998. The van der Waals surface area contributed by atoms with Crippen LogP contribution in [0.1, 0.15) is 29.2 Å². The first-order valence-corrected chi connectivity index (χ1v) is 6.40. The molecule has 0 amide bonds. The van der Waals surface area contributed by atoms with Gasteiger partial charge in [0.2, 0.25) is 0 Å². The number of rotatable bonds is 3. The Labute approximate surface area is 114 Å². The monoisotopic (exact) mass is 256 g/mol. The van der Waals surface area contributed by atoms with Crippen molar-refractivity contribution >= 4 is 0 Å². The second-order valence-corrected chi connectivity index (χ2v) is 5.07. The lowest BCUT2D eigenvalue weighted by Crippen LogP contribution is -2.24. The maximum atomic E-state index is 10.9. The summed E-state index contributed by atoms with van der Waals surface area (Å²) in [6.45, 7) is 5.81. The summed E-state index contributed by atoms with van der Waals surface area (Å²) in [6.07, 6.45) is 0. The summed E-state index contributed by atoms with van der Waals surface area (Å²) in [5.41, 5.74) is 2.86. The summed E-state index contributed by atoms with van der Waals surface area (Å²) in [7, 11) is 1.66. The maximum absolute atomic E-state index is 10.9. The van der Waals surface area contributed by atoms with E-state index in [2.05, 4.69) is 0 Å². The van der Waals surface area contributed by atoms with E-state index in [4.69, 9.17) is 4.74 Å². The average molecular weight is 256 g/mol. The van der Waals surface area contributed by atoms with E-state index in [0.29, 0.717) is 0 Å². The molecule has 0 aliphatic rings. The molecule has 0 spiro atoms. The van der Waals surface area contributed by atoms with Crippen molar-refractivity contribution in [3.63, 3.8) is 0 Å². The number of ether oxygens (including phenoxy) is 1. The smallest absolute Gasteiger partial charge is 0.122 e. The maximum Gasteiger partial charge on any atom is 0.122 e. The topological polar surface area (TPSA) is 29.5 Å². The van der Waals surface area contributed by atoms with Crippen molar-refractivity contribution < 1.29 is 9.84 Å². The number of benzene rings is 2. The molecule has 0 aromatic heterocycles. The van der Waals surface area contributed by atoms with Gasteiger partial charge >= 0.3 is 0 Å². The van der Waals surface area contributed by atoms with Crippen LogP contribution in [0.2, 0.25) is 0 Å². The summed E-state index contributed by atoms with van der Waals surface area (Å²) in [4.78, 5) is 0. The van der Waals surface area contributed by atoms with Gasteiger partial charge in [-0.25, -0.2) is 0 Å². The molecule has 2 heteroatoms. The second-order valence-electron chi connectivity index (χ2n) is 5.07. The van der Waals surface area contributed by atoms with Crippen LogP contribution in [0.5, 0.6) is 5.75 Å². The zero-order chi connectivity index (χ0) is 14.0. The molecule has 2 nitrogen and oxygen atoms in total. The molecule has 2 aromatic carbocycles. The van der Waals surface area contributed by atoms with Gasteiger partial charge in [-0.15, -0.1) is 0 Å². The van der Waals surface area contributed by atoms with E-state index in [0.717, 1.165) is 28.0 Å². The van der Waals surface area contributed by atoms with E-state index in [1.807, 2.05) is 63.2 Å². The Morgan fingerprint density at radius 1 is 1.00 bits per heavy atom. The van der Waals surface area contributed by atoms with Gasteiger partial charge in [-0.2, -0.15) is 0 Å². The van der Waals surface area contributed by atoms with E-state index < -0.39 is 5.60 Å². The minimum absolute atomic E-state index is 0.852. The molecule has 100 valence electrons. The van der Waals surface area contributed by atoms with Gasteiger partial charge in [-0.3, -0.25) is 0 Å². The molecule has 1 atom stereocenters. The van der Waals surface area contributed by atoms with Crippen molar-refractivity contribution in [1.29, 1.82) is 0 Å². The van der Waals surface area contributed by atoms with Crippen molar-refractivity contribution in [2.45, 2.75) is 26.4 Å². The van der Waals surface area contributed by atoms with E-state index >= 15 is 0 Å². The second kappa shape index (κ2) is 5.06. The van der Waals surface area contributed by atoms with Crippen LogP contribution < -0.4 is 4.74 Å². The first-order valence-electron chi connectivity index (χ1n) is 6.40. The van der Waals surface area contributed by atoms with Crippen LogP contribution >= 0.6 is 0 Å². The Hall–Kier alpha value is -1.80. The van der Waals surface area contributed by atoms with Crippen LogP contribution in [0.3, 0.4) is 0 Å². The van der Waals surface area contributed by atoms with Gasteiger partial charge in [0.05, 0.1) is 7.11 Å². The molecule has 19 heavy (non-hydrogen) atoms. The highest BCUT2D eigenvalue weighted by molar-refractivity contribution is 5.47. The summed E-state index contributed by atoms with van der Waals surface area (Å²) < 4.78 is 5.32. The molecule has 0 radical (unpaired) electrons. The molecular weight excluding hydrogens is 236 g/mol. The molecule has 0 aliphatic carbocycles. The van der Waals surface area contributed by atoms with Gasteiger partial charge in [0.1, 0.15) is 11.4 Å². The molecule has 0 heterocycles. The fourth-order valence-electron chi connectivity index (χ4n) is 2.45. The van der Waals surface area contributed by atoms with Gasteiger partial charge < -0.3 is 9.84 Å². The third-order valence-corrected chi connectivity index (χ3v) is 3.60. The normalized spacial score (nSPS) is 13.9. The first-order chi connectivity index (χ1) is 8.96. The quantitative estimate of drug-likeness (QED) is 0.909. The fourth-order valence-corrected chi connectivity index (χ4v) is 2.45. The highest BCUT2D eigenvalue weighted by Crippen LogP contribution is 2.34. The summed E-state index contributed by atoms with van der Waals surface area (Å²) in [6, 6.07) is 13.7. The van der Waals surface area contributed by atoms with E-state index in [9.17, 15) is 5.11 Å². The van der Waals surface area contributed by atoms with E-state index in [-0.39, 0.29) is 0 Å². The molecule has 0 saturated heterocycles. The molecule has 0 fully saturated rings. The lowest BCUT2D eigenvalue weighted by atomic mass is 9.84. The Bertz CT molecular complexity index is 571. The predicted molar refractivity (Wildman–Crippen MR) is 77.6 cm³/mol. The number of aryl methyl sites for hydroxylation is 2. The van der Waals surface area contributed by atoms with Crippen molar-refractivity contribution in [2.24, 2.45) is 0 Å². The van der Waals surface area contributed by atoms with Crippen molar-refractivity contribution in [3.05, 3.63) is 64.7 Å². The number of aliphatic hydroxyl groups is 1. The summed E-state index contributed by atoms with van der Waals surface area (Å²) >= 11 is 0. The van der Waals surface area contributed by atoms with Crippen molar-refractivity contribution in [2.75, 3.05) is 7.11 Å². The fraction of sp³-hybridized carbons (Fsp3) is 0.294. The largest absolute Gasteiger partial charge is 0.496 e. The van der Waals surface area contributed by atoms with Gasteiger partial charge in [0.15, 0.2) is 0 Å². The van der Waals surface area contributed by atoms with Crippen molar-refractivity contribution in [1.82, 2.24) is 0 Å². The summed E-state index contributed by atoms with van der Waals surface area (Å²) in [5, 5.41) is 10.9. The molecule has 0 bridgehead atoms. The molecule has 0 saturated carbocycles. The standard InChI is InChI=1S/C17H20O2/c1-12-11-16(19-4)13(2)10-15(12)17(3,18)14-8-6-5-7-9-14/h5-11,18H,1-4H3. The SMILES string of the molecule is COc1cc(C)c(C(C)(O)c2ccccc2)cc1C. The van der Waals surface area contributed by atoms with Crippen LogP contribution in [0.4, 0.5) is 0 Å².